The average molecular weight is 207 g/mol. The summed E-state index contributed by atoms with van der Waals surface area (Å²) in [5.41, 5.74) is 7.38. The lowest BCUT2D eigenvalue weighted by Crippen LogP contribution is -2.13. The summed E-state index contributed by atoms with van der Waals surface area (Å²) < 4.78 is 0. The second-order valence-electron chi connectivity index (χ2n) is 4.65. The van der Waals surface area contributed by atoms with Crippen molar-refractivity contribution in [2.45, 2.75) is 32.7 Å². The first kappa shape index (κ1) is 11.7. The second-order valence-corrected chi connectivity index (χ2v) is 4.65. The topological polar surface area (TPSA) is 63.3 Å². The van der Waals surface area contributed by atoms with Crippen LogP contribution in [0.4, 0.5) is 0 Å². The Balaban J connectivity index is 3.40. The molecule has 0 fully saturated rings. The summed E-state index contributed by atoms with van der Waals surface area (Å²) >= 11 is 0. The van der Waals surface area contributed by atoms with Crippen molar-refractivity contribution in [1.29, 1.82) is 0 Å². The molecule has 0 aliphatic carbocycles. The lowest BCUT2D eigenvalue weighted by atomic mass is 9.85. The zero-order valence-electron chi connectivity index (χ0n) is 9.37. The number of carbonyl (C=O) groups is 1. The van der Waals surface area contributed by atoms with Crippen molar-refractivity contribution in [2.24, 2.45) is 5.73 Å². The number of hydrogen-bond acceptors (Lipinski definition) is 3. The predicted octanol–water partition coefficient (Wildman–Crippen LogP) is 1.96. The number of aromatic hydroxyl groups is 1. The van der Waals surface area contributed by atoms with Gasteiger partial charge in [0.2, 0.25) is 0 Å². The van der Waals surface area contributed by atoms with Crippen LogP contribution in [0.1, 0.15) is 42.3 Å². The Morgan fingerprint density at radius 1 is 1.40 bits per heavy atom. The van der Waals surface area contributed by atoms with E-state index in [1.54, 1.807) is 6.07 Å². The van der Waals surface area contributed by atoms with E-state index >= 15 is 0 Å². The van der Waals surface area contributed by atoms with Crippen molar-refractivity contribution in [1.82, 2.24) is 0 Å². The molecule has 0 heterocycles. The second kappa shape index (κ2) is 4.03. The van der Waals surface area contributed by atoms with Gasteiger partial charge in [0.15, 0.2) is 6.29 Å². The molecule has 3 nitrogen and oxygen atoms in total. The van der Waals surface area contributed by atoms with Crippen LogP contribution < -0.4 is 5.73 Å². The largest absolute Gasteiger partial charge is 0.507 e. The van der Waals surface area contributed by atoms with Gasteiger partial charge in [-0.25, -0.2) is 0 Å². The van der Waals surface area contributed by atoms with Gasteiger partial charge in [-0.05, 0) is 17.0 Å². The van der Waals surface area contributed by atoms with Gasteiger partial charge in [0.25, 0.3) is 0 Å². The molecule has 3 N–H and O–H groups in total. The van der Waals surface area contributed by atoms with E-state index in [0.717, 1.165) is 5.56 Å². The molecule has 0 spiro atoms. The number of phenols is 1. The summed E-state index contributed by atoms with van der Waals surface area (Å²) in [5.74, 6) is 0.000463. The fraction of sp³-hybridized carbons (Fsp3) is 0.417. The minimum absolute atomic E-state index is 0.000463. The molecule has 1 aromatic rings. The first-order valence-corrected chi connectivity index (χ1v) is 4.91. The Morgan fingerprint density at radius 2 is 2.00 bits per heavy atom. The van der Waals surface area contributed by atoms with Gasteiger partial charge in [-0.3, -0.25) is 4.79 Å². The molecule has 3 heteroatoms. The van der Waals surface area contributed by atoms with Crippen molar-refractivity contribution in [3.63, 3.8) is 0 Å². The van der Waals surface area contributed by atoms with E-state index in [2.05, 4.69) is 0 Å². The summed E-state index contributed by atoms with van der Waals surface area (Å²) in [6.45, 7) is 6.38. The van der Waals surface area contributed by atoms with E-state index < -0.39 is 0 Å². The normalized spacial score (nSPS) is 11.5. The average Bonchev–Trinajstić information content (AvgIpc) is 2.16. The molecule has 0 unspecified atom stereocenters. The lowest BCUT2D eigenvalue weighted by molar-refractivity contribution is 0.112. The smallest absolute Gasteiger partial charge is 0.153 e. The number of phenolic OH excluding ortho intramolecular Hbond substituents is 1. The fourth-order valence-electron chi connectivity index (χ4n) is 1.40. The molecule has 15 heavy (non-hydrogen) atoms. The highest BCUT2D eigenvalue weighted by molar-refractivity contribution is 5.80. The van der Waals surface area contributed by atoms with Crippen molar-refractivity contribution >= 4 is 6.29 Å². The van der Waals surface area contributed by atoms with Gasteiger partial charge in [0.05, 0.1) is 5.56 Å². The Morgan fingerprint density at radius 3 is 2.40 bits per heavy atom. The number of rotatable bonds is 2. The summed E-state index contributed by atoms with van der Waals surface area (Å²) in [5, 5.41) is 9.67. The Labute approximate surface area is 89.9 Å². The van der Waals surface area contributed by atoms with E-state index in [9.17, 15) is 9.90 Å². The van der Waals surface area contributed by atoms with Crippen LogP contribution in [0.2, 0.25) is 0 Å². The highest BCUT2D eigenvalue weighted by Gasteiger charge is 2.17. The monoisotopic (exact) mass is 207 g/mol. The summed E-state index contributed by atoms with van der Waals surface area (Å²) in [7, 11) is 0. The summed E-state index contributed by atoms with van der Waals surface area (Å²) in [4.78, 5) is 10.8. The Kier molecular flexibility index (Phi) is 3.15. The molecule has 1 aromatic carbocycles. The van der Waals surface area contributed by atoms with Crippen molar-refractivity contribution in [3.05, 3.63) is 28.8 Å². The van der Waals surface area contributed by atoms with Crippen molar-refractivity contribution in [3.8, 4) is 5.75 Å². The van der Waals surface area contributed by atoms with Gasteiger partial charge in [0.1, 0.15) is 5.75 Å². The Bertz CT molecular complexity index is 378. The van der Waals surface area contributed by atoms with E-state index in [1.807, 2.05) is 26.8 Å². The van der Waals surface area contributed by atoms with Gasteiger partial charge >= 0.3 is 0 Å². The van der Waals surface area contributed by atoms with Gasteiger partial charge in [0, 0.05) is 12.1 Å². The summed E-state index contributed by atoms with van der Waals surface area (Å²) in [6, 6.07) is 3.56. The van der Waals surface area contributed by atoms with Crippen molar-refractivity contribution in [2.75, 3.05) is 0 Å². The quantitative estimate of drug-likeness (QED) is 0.729. The first-order valence-electron chi connectivity index (χ1n) is 4.91. The van der Waals surface area contributed by atoms with Gasteiger partial charge < -0.3 is 10.8 Å². The van der Waals surface area contributed by atoms with E-state index in [-0.39, 0.29) is 17.7 Å². The number of aldehydes is 1. The molecule has 0 amide bonds. The van der Waals surface area contributed by atoms with Crippen LogP contribution in [-0.2, 0) is 12.0 Å². The zero-order chi connectivity index (χ0) is 11.6. The molecule has 0 aliphatic rings. The SMILES string of the molecule is CC(C)(C)c1cc(C=O)c(O)c(CN)c1. The van der Waals surface area contributed by atoms with Crippen molar-refractivity contribution < 1.29 is 9.90 Å². The summed E-state index contributed by atoms with van der Waals surface area (Å²) in [6.07, 6.45) is 0.656. The third-order valence-corrected chi connectivity index (χ3v) is 2.43. The van der Waals surface area contributed by atoms with Crippen LogP contribution in [0, 0.1) is 0 Å². The third-order valence-electron chi connectivity index (χ3n) is 2.43. The van der Waals surface area contributed by atoms with E-state index in [1.165, 1.54) is 0 Å². The fourth-order valence-corrected chi connectivity index (χ4v) is 1.40. The molecular weight excluding hydrogens is 190 g/mol. The third kappa shape index (κ3) is 2.36. The Hall–Kier alpha value is -1.35. The minimum Gasteiger partial charge on any atom is -0.507 e. The van der Waals surface area contributed by atoms with Gasteiger partial charge in [-0.2, -0.15) is 0 Å². The number of benzene rings is 1. The maximum atomic E-state index is 10.8. The molecule has 0 saturated heterocycles. The molecule has 1 rings (SSSR count). The highest BCUT2D eigenvalue weighted by atomic mass is 16.3. The van der Waals surface area contributed by atoms with Crippen LogP contribution in [0.15, 0.2) is 12.1 Å². The van der Waals surface area contributed by atoms with Crippen LogP contribution in [-0.4, -0.2) is 11.4 Å². The number of nitrogens with two attached hydrogens (primary N) is 1. The molecule has 82 valence electrons. The van der Waals surface area contributed by atoms with E-state index in [0.29, 0.717) is 17.4 Å². The van der Waals surface area contributed by atoms with Gasteiger partial charge in [-0.15, -0.1) is 0 Å². The number of hydrogen-bond donors (Lipinski definition) is 2. The molecule has 0 bridgehead atoms. The molecule has 0 radical (unpaired) electrons. The minimum atomic E-state index is -0.0601. The standard InChI is InChI=1S/C12H17NO2/c1-12(2,3)10-4-8(6-13)11(15)9(5-10)7-14/h4-5,7,15H,6,13H2,1-3H3. The van der Waals surface area contributed by atoms with Crippen LogP contribution in [0.25, 0.3) is 0 Å². The molecule has 0 saturated carbocycles. The molecule has 0 atom stereocenters. The molecular formula is C12H17NO2. The first-order chi connectivity index (χ1) is 6.90. The van der Waals surface area contributed by atoms with Crippen LogP contribution >= 0.6 is 0 Å². The number of carbonyl (C=O) groups excluding carboxylic acids is 1. The maximum absolute atomic E-state index is 10.8. The highest BCUT2D eigenvalue weighted by Crippen LogP contribution is 2.29. The molecule has 0 aromatic heterocycles. The zero-order valence-corrected chi connectivity index (χ0v) is 9.37. The van der Waals surface area contributed by atoms with Gasteiger partial charge in [-0.1, -0.05) is 26.8 Å². The maximum Gasteiger partial charge on any atom is 0.153 e. The predicted molar refractivity (Wildman–Crippen MR) is 60.1 cm³/mol. The molecule has 0 aliphatic heterocycles. The van der Waals surface area contributed by atoms with Crippen LogP contribution in [0.3, 0.4) is 0 Å². The van der Waals surface area contributed by atoms with Crippen LogP contribution in [0.5, 0.6) is 5.75 Å². The lowest BCUT2D eigenvalue weighted by Gasteiger charge is -2.21. The van der Waals surface area contributed by atoms with E-state index in [4.69, 9.17) is 5.73 Å².